The van der Waals surface area contributed by atoms with Crippen molar-refractivity contribution in [2.45, 2.75) is 219 Å². The molecule has 5 heteroatoms. The second kappa shape index (κ2) is 31.8. The summed E-state index contributed by atoms with van der Waals surface area (Å²) in [7, 11) is 0. The molecule has 0 spiro atoms. The van der Waals surface area contributed by atoms with Crippen LogP contribution in [0, 0.1) is 3.57 Å². The Hall–Kier alpha value is -1.50. The Morgan fingerprint density at radius 2 is 0.808 bits per heavy atom. The largest absolute Gasteiger partial charge is 0.506 e. The van der Waals surface area contributed by atoms with Crippen LogP contribution >= 0.6 is 22.6 Å². The minimum Gasteiger partial charge on any atom is -0.506 e. The summed E-state index contributed by atoms with van der Waals surface area (Å²) in [6.07, 6.45) is 42.9. The molecule has 0 fully saturated rings. The molecule has 298 valence electrons. The van der Waals surface area contributed by atoms with E-state index in [1.54, 1.807) is 0 Å². The molecule has 4 nitrogen and oxygen atoms in total. The van der Waals surface area contributed by atoms with Crippen LogP contribution in [0.3, 0.4) is 0 Å². The van der Waals surface area contributed by atoms with Crippen LogP contribution in [0.15, 0.2) is 24.3 Å². The summed E-state index contributed by atoms with van der Waals surface area (Å²) in [6, 6.07) is 7.61. The van der Waals surface area contributed by atoms with E-state index in [1.165, 1.54) is 180 Å². The van der Waals surface area contributed by atoms with E-state index in [1.807, 2.05) is 29.2 Å². The number of fused-ring (bicyclic) bond motifs is 1. The van der Waals surface area contributed by atoms with Gasteiger partial charge in [0.25, 0.3) is 5.91 Å². The van der Waals surface area contributed by atoms with Crippen molar-refractivity contribution in [2.75, 3.05) is 18.8 Å². The Bertz CT molecular complexity index is 1130. The Labute approximate surface area is 335 Å². The van der Waals surface area contributed by atoms with Gasteiger partial charge >= 0.3 is 0 Å². The number of nitrogen functional groups attached to an aromatic ring is 1. The second-order valence-electron chi connectivity index (χ2n) is 15.9. The molecular formula is C47H81IN2O2. The number of benzene rings is 2. The van der Waals surface area contributed by atoms with Gasteiger partial charge in [-0.3, -0.25) is 4.79 Å². The van der Waals surface area contributed by atoms with Gasteiger partial charge in [0.05, 0.1) is 14.8 Å². The smallest absolute Gasteiger partial charge is 0.258 e. The van der Waals surface area contributed by atoms with Gasteiger partial charge in [0.1, 0.15) is 5.75 Å². The van der Waals surface area contributed by atoms with E-state index in [2.05, 4.69) is 36.4 Å². The van der Waals surface area contributed by atoms with Gasteiger partial charge in [-0.05, 0) is 35.4 Å². The second-order valence-corrected chi connectivity index (χ2v) is 17.0. The van der Waals surface area contributed by atoms with Gasteiger partial charge in [-0.2, -0.15) is 0 Å². The predicted molar refractivity (Wildman–Crippen MR) is 238 cm³/mol. The zero-order valence-electron chi connectivity index (χ0n) is 34.1. The van der Waals surface area contributed by atoms with Crippen LogP contribution in [0.2, 0.25) is 0 Å². The number of carbonyl (C=O) groups is 1. The summed E-state index contributed by atoms with van der Waals surface area (Å²) in [5, 5.41) is 12.8. The number of hydrogen-bond donors (Lipinski definition) is 2. The zero-order valence-corrected chi connectivity index (χ0v) is 36.3. The Morgan fingerprint density at radius 1 is 0.519 bits per heavy atom. The van der Waals surface area contributed by atoms with Crippen molar-refractivity contribution < 1.29 is 9.90 Å². The molecule has 52 heavy (non-hydrogen) atoms. The standard InChI is InChI=1S/C47H81IN2O2/c1-3-5-7-9-11-13-15-17-19-21-23-25-27-29-31-35-39-50(47(52)43-44(48)45(49)41-37-33-34-38-42(41)46(43)51)40-36-32-30-28-26-24-22-20-18-16-14-12-10-8-6-4-2/h33-34,37-38,51H,3-32,35-36,39-40,49H2,1-2H3. The topological polar surface area (TPSA) is 66.6 Å². The van der Waals surface area contributed by atoms with Gasteiger partial charge in [-0.25, -0.2) is 0 Å². The summed E-state index contributed by atoms with van der Waals surface area (Å²) in [4.78, 5) is 16.1. The number of phenolic OH excluding ortho intramolecular Hbond substituents is 1. The van der Waals surface area contributed by atoms with Crippen molar-refractivity contribution in [2.24, 2.45) is 0 Å². The molecule has 0 radical (unpaired) electrons. The number of phenols is 1. The molecule has 1 amide bonds. The van der Waals surface area contributed by atoms with Gasteiger partial charge in [-0.1, -0.05) is 231 Å². The molecule has 0 aliphatic carbocycles. The maximum atomic E-state index is 14.1. The fourth-order valence-electron chi connectivity index (χ4n) is 7.79. The first kappa shape index (κ1) is 46.7. The monoisotopic (exact) mass is 833 g/mol. The van der Waals surface area contributed by atoms with E-state index in [0.29, 0.717) is 20.2 Å². The van der Waals surface area contributed by atoms with Crippen LogP contribution < -0.4 is 5.73 Å². The Morgan fingerprint density at radius 3 is 1.13 bits per heavy atom. The third-order valence-electron chi connectivity index (χ3n) is 11.2. The van der Waals surface area contributed by atoms with Crippen molar-refractivity contribution in [1.82, 2.24) is 4.90 Å². The number of unbranched alkanes of at least 4 members (excludes halogenated alkanes) is 30. The zero-order chi connectivity index (χ0) is 37.5. The number of carbonyl (C=O) groups excluding carboxylic acids is 1. The van der Waals surface area contributed by atoms with Gasteiger partial charge in [-0.15, -0.1) is 0 Å². The summed E-state index contributed by atoms with van der Waals surface area (Å²) in [5.74, 6) is 0.00409. The molecule has 0 atom stereocenters. The summed E-state index contributed by atoms with van der Waals surface area (Å²) in [6.45, 7) is 6.08. The van der Waals surface area contributed by atoms with E-state index in [-0.39, 0.29) is 11.7 Å². The Balaban J connectivity index is 1.70. The number of amides is 1. The van der Waals surface area contributed by atoms with Crippen LogP contribution in [-0.2, 0) is 0 Å². The number of anilines is 1. The number of hydrogen-bond acceptors (Lipinski definition) is 3. The SMILES string of the molecule is CCCCCCCCCCCCCCCCCCN(CCCCCCCCCCCCCCCCCC)C(=O)c1c(I)c(N)c2ccccc2c1O. The van der Waals surface area contributed by atoms with Gasteiger partial charge < -0.3 is 15.7 Å². The number of aromatic hydroxyl groups is 1. The van der Waals surface area contributed by atoms with Crippen molar-refractivity contribution in [3.05, 3.63) is 33.4 Å². The molecule has 0 saturated heterocycles. The minimum absolute atomic E-state index is 0.0683. The molecule has 2 aromatic rings. The van der Waals surface area contributed by atoms with Crippen LogP contribution in [0.5, 0.6) is 5.75 Å². The lowest BCUT2D eigenvalue weighted by Gasteiger charge is -2.25. The summed E-state index contributed by atoms with van der Waals surface area (Å²) < 4.78 is 0.669. The molecule has 0 unspecified atom stereocenters. The maximum absolute atomic E-state index is 14.1. The highest BCUT2D eigenvalue weighted by molar-refractivity contribution is 14.1. The fraction of sp³-hybridized carbons (Fsp3) is 0.766. The molecule has 0 heterocycles. The summed E-state index contributed by atoms with van der Waals surface area (Å²) >= 11 is 2.16. The Kier molecular flexibility index (Phi) is 28.5. The number of rotatable bonds is 35. The van der Waals surface area contributed by atoms with Crippen LogP contribution in [0.25, 0.3) is 10.8 Å². The molecule has 2 aromatic carbocycles. The molecule has 0 aliphatic rings. The van der Waals surface area contributed by atoms with Crippen molar-refractivity contribution >= 4 is 45.0 Å². The van der Waals surface area contributed by atoms with Crippen molar-refractivity contribution in [1.29, 1.82) is 0 Å². The lowest BCUT2D eigenvalue weighted by Crippen LogP contribution is -2.33. The van der Waals surface area contributed by atoms with Crippen molar-refractivity contribution in [3.63, 3.8) is 0 Å². The number of halogens is 1. The highest BCUT2D eigenvalue weighted by Gasteiger charge is 2.25. The fourth-order valence-corrected chi connectivity index (χ4v) is 8.56. The number of nitrogens with two attached hydrogens (primary N) is 1. The van der Waals surface area contributed by atoms with E-state index in [9.17, 15) is 9.90 Å². The first-order chi connectivity index (χ1) is 25.5. The number of nitrogens with zero attached hydrogens (tertiary/aromatic N) is 1. The molecular weight excluding hydrogens is 751 g/mol. The third-order valence-corrected chi connectivity index (χ3v) is 12.3. The third kappa shape index (κ3) is 20.3. The van der Waals surface area contributed by atoms with Gasteiger partial charge in [0, 0.05) is 23.9 Å². The van der Waals surface area contributed by atoms with Crippen molar-refractivity contribution in [3.8, 4) is 5.75 Å². The first-order valence-corrected chi connectivity index (χ1v) is 23.6. The molecule has 3 N–H and O–H groups in total. The average molecular weight is 833 g/mol. The van der Waals surface area contributed by atoms with Crippen LogP contribution in [0.4, 0.5) is 5.69 Å². The van der Waals surface area contributed by atoms with E-state index < -0.39 is 0 Å². The summed E-state index contributed by atoms with van der Waals surface area (Å²) in [5.41, 5.74) is 7.48. The quantitative estimate of drug-likeness (QED) is 0.0315. The van der Waals surface area contributed by atoms with Gasteiger partial charge in [0.2, 0.25) is 0 Å². The van der Waals surface area contributed by atoms with E-state index in [4.69, 9.17) is 5.73 Å². The highest BCUT2D eigenvalue weighted by atomic mass is 127. The first-order valence-electron chi connectivity index (χ1n) is 22.5. The van der Waals surface area contributed by atoms with Crippen LogP contribution in [-0.4, -0.2) is 29.0 Å². The van der Waals surface area contributed by atoms with E-state index in [0.717, 1.165) is 44.2 Å². The minimum atomic E-state index is -0.0683. The molecule has 0 saturated carbocycles. The average Bonchev–Trinajstić information content (AvgIpc) is 3.15. The lowest BCUT2D eigenvalue weighted by molar-refractivity contribution is 0.0745. The van der Waals surface area contributed by atoms with E-state index >= 15 is 0 Å². The highest BCUT2D eigenvalue weighted by Crippen LogP contribution is 2.38. The van der Waals surface area contributed by atoms with Crippen LogP contribution in [0.1, 0.15) is 230 Å². The maximum Gasteiger partial charge on any atom is 0.258 e. The molecule has 2 rings (SSSR count). The predicted octanol–water partition coefficient (Wildman–Crippen LogP) is 15.7. The molecule has 0 aliphatic heterocycles. The molecule has 0 aromatic heterocycles. The van der Waals surface area contributed by atoms with Gasteiger partial charge in [0.15, 0.2) is 0 Å². The molecule has 0 bridgehead atoms. The normalized spacial score (nSPS) is 11.5. The lowest BCUT2D eigenvalue weighted by atomic mass is 10.0.